The zero-order chi connectivity index (χ0) is 13.7. The van der Waals surface area contributed by atoms with E-state index >= 15 is 0 Å². The number of nitrogens with two attached hydrogens (primary N) is 1. The highest BCUT2D eigenvalue weighted by Gasteiger charge is 2.10. The number of hydrogen-bond acceptors (Lipinski definition) is 3. The van der Waals surface area contributed by atoms with Gasteiger partial charge in [0.05, 0.1) is 0 Å². The third kappa shape index (κ3) is 4.56. The van der Waals surface area contributed by atoms with E-state index in [0.717, 1.165) is 14.9 Å². The fourth-order valence-electron chi connectivity index (χ4n) is 1.91. The van der Waals surface area contributed by atoms with Crippen LogP contribution in [0.2, 0.25) is 0 Å². The molecule has 4 heteroatoms. The van der Waals surface area contributed by atoms with Gasteiger partial charge in [-0.15, -0.1) is 11.3 Å². The first kappa shape index (κ1) is 14.4. The van der Waals surface area contributed by atoms with Crippen molar-refractivity contribution in [1.29, 1.82) is 0 Å². The Labute approximate surface area is 125 Å². The molecule has 19 heavy (non-hydrogen) atoms. The highest BCUT2D eigenvalue weighted by molar-refractivity contribution is 9.10. The van der Waals surface area contributed by atoms with Crippen LogP contribution in [-0.2, 0) is 11.2 Å². The van der Waals surface area contributed by atoms with Crippen LogP contribution in [0.25, 0.3) is 0 Å². The molecule has 1 aromatic carbocycles. The van der Waals surface area contributed by atoms with Crippen LogP contribution in [0.15, 0.2) is 46.3 Å². The Kier molecular flexibility index (Phi) is 5.31. The summed E-state index contributed by atoms with van der Waals surface area (Å²) in [6.07, 6.45) is 1.75. The van der Waals surface area contributed by atoms with Gasteiger partial charge in [0.2, 0.25) is 0 Å². The standard InChI is InChI=1S/C15H16BrNOS/c16-12-8-14(19-10-12)9-13(18)6-7-15(17)11-4-2-1-3-5-11/h1-5,8,10,15H,6-7,9,17H2. The number of carbonyl (C=O) groups excluding carboxylic acids is 1. The molecule has 0 amide bonds. The molecule has 0 aliphatic rings. The van der Waals surface area contributed by atoms with E-state index in [1.165, 1.54) is 0 Å². The van der Waals surface area contributed by atoms with Crippen molar-refractivity contribution in [2.75, 3.05) is 0 Å². The molecule has 1 aromatic heterocycles. The van der Waals surface area contributed by atoms with E-state index in [4.69, 9.17) is 5.73 Å². The molecule has 2 N–H and O–H groups in total. The smallest absolute Gasteiger partial charge is 0.138 e. The van der Waals surface area contributed by atoms with Crippen LogP contribution in [0, 0.1) is 0 Å². The van der Waals surface area contributed by atoms with Crippen LogP contribution in [0.4, 0.5) is 0 Å². The maximum Gasteiger partial charge on any atom is 0.138 e. The fourth-order valence-corrected chi connectivity index (χ4v) is 3.39. The summed E-state index contributed by atoms with van der Waals surface area (Å²) in [6, 6.07) is 11.9. The van der Waals surface area contributed by atoms with Crippen molar-refractivity contribution < 1.29 is 4.79 Å². The molecule has 0 fully saturated rings. The maximum absolute atomic E-state index is 11.9. The van der Waals surface area contributed by atoms with Crippen molar-refractivity contribution >= 4 is 33.0 Å². The molecule has 2 aromatic rings. The van der Waals surface area contributed by atoms with Gasteiger partial charge in [-0.25, -0.2) is 0 Å². The molecular weight excluding hydrogens is 322 g/mol. The SMILES string of the molecule is NC(CCC(=O)Cc1cc(Br)cs1)c1ccccc1. The van der Waals surface area contributed by atoms with Gasteiger partial charge in [0.15, 0.2) is 0 Å². The lowest BCUT2D eigenvalue weighted by molar-refractivity contribution is -0.118. The monoisotopic (exact) mass is 337 g/mol. The van der Waals surface area contributed by atoms with E-state index < -0.39 is 0 Å². The highest BCUT2D eigenvalue weighted by atomic mass is 79.9. The molecule has 0 aliphatic carbocycles. The summed E-state index contributed by atoms with van der Waals surface area (Å²) in [4.78, 5) is 13.0. The number of halogens is 1. The molecule has 0 radical (unpaired) electrons. The largest absolute Gasteiger partial charge is 0.324 e. The van der Waals surface area contributed by atoms with Crippen LogP contribution in [0.3, 0.4) is 0 Å². The molecule has 0 aliphatic heterocycles. The van der Waals surface area contributed by atoms with Crippen molar-refractivity contribution in [3.05, 3.63) is 56.7 Å². The molecule has 0 spiro atoms. The molecule has 0 saturated heterocycles. The van der Waals surface area contributed by atoms with Crippen molar-refractivity contribution in [2.24, 2.45) is 5.73 Å². The van der Waals surface area contributed by atoms with Gasteiger partial charge in [-0.3, -0.25) is 4.79 Å². The Hall–Kier alpha value is -0.970. The zero-order valence-electron chi connectivity index (χ0n) is 10.5. The van der Waals surface area contributed by atoms with Crippen molar-refractivity contribution in [3.8, 4) is 0 Å². The molecule has 100 valence electrons. The summed E-state index contributed by atoms with van der Waals surface area (Å²) in [6.45, 7) is 0. The number of carbonyl (C=O) groups is 1. The van der Waals surface area contributed by atoms with E-state index in [-0.39, 0.29) is 11.8 Å². The highest BCUT2D eigenvalue weighted by Crippen LogP contribution is 2.21. The minimum absolute atomic E-state index is 0.0554. The molecule has 1 atom stereocenters. The van der Waals surface area contributed by atoms with Crippen LogP contribution >= 0.6 is 27.3 Å². The van der Waals surface area contributed by atoms with Crippen LogP contribution in [-0.4, -0.2) is 5.78 Å². The summed E-state index contributed by atoms with van der Waals surface area (Å²) in [5.41, 5.74) is 7.18. The summed E-state index contributed by atoms with van der Waals surface area (Å²) in [7, 11) is 0. The van der Waals surface area contributed by atoms with E-state index in [2.05, 4.69) is 15.9 Å². The van der Waals surface area contributed by atoms with Gasteiger partial charge in [-0.2, -0.15) is 0 Å². The molecule has 1 heterocycles. The topological polar surface area (TPSA) is 43.1 Å². The van der Waals surface area contributed by atoms with Crippen molar-refractivity contribution in [3.63, 3.8) is 0 Å². The molecule has 2 rings (SSSR count). The summed E-state index contributed by atoms with van der Waals surface area (Å²) in [5, 5.41) is 2.00. The van der Waals surface area contributed by atoms with E-state index in [9.17, 15) is 4.79 Å². The van der Waals surface area contributed by atoms with Gasteiger partial charge in [-0.1, -0.05) is 30.3 Å². The van der Waals surface area contributed by atoms with Crippen LogP contribution in [0.5, 0.6) is 0 Å². The van der Waals surface area contributed by atoms with Gasteiger partial charge >= 0.3 is 0 Å². The molecule has 1 unspecified atom stereocenters. The Bertz CT molecular complexity index is 538. The number of thiophene rings is 1. The Morgan fingerprint density at radius 1 is 1.32 bits per heavy atom. The number of Topliss-reactive ketones (excluding diaryl/α,β-unsaturated/α-hetero) is 1. The van der Waals surface area contributed by atoms with E-state index in [1.807, 2.05) is 41.8 Å². The Morgan fingerprint density at radius 3 is 2.68 bits per heavy atom. The van der Waals surface area contributed by atoms with Gasteiger partial charge in [0.1, 0.15) is 5.78 Å². The lowest BCUT2D eigenvalue weighted by Crippen LogP contribution is -2.13. The zero-order valence-corrected chi connectivity index (χ0v) is 12.9. The van der Waals surface area contributed by atoms with Gasteiger partial charge in [0, 0.05) is 33.6 Å². The third-order valence-electron chi connectivity index (χ3n) is 2.96. The normalized spacial score (nSPS) is 12.3. The number of hydrogen-bond donors (Lipinski definition) is 1. The Balaban J connectivity index is 1.80. The lowest BCUT2D eigenvalue weighted by Gasteiger charge is -2.10. The second-order valence-electron chi connectivity index (χ2n) is 4.50. The van der Waals surface area contributed by atoms with E-state index in [1.54, 1.807) is 11.3 Å². The van der Waals surface area contributed by atoms with Gasteiger partial charge in [0.25, 0.3) is 0 Å². The molecular formula is C15H16BrNOS. The minimum atomic E-state index is -0.0554. The van der Waals surface area contributed by atoms with Crippen LogP contribution < -0.4 is 5.73 Å². The maximum atomic E-state index is 11.9. The van der Waals surface area contributed by atoms with E-state index in [0.29, 0.717) is 19.3 Å². The molecule has 2 nitrogen and oxygen atoms in total. The quantitative estimate of drug-likeness (QED) is 0.862. The lowest BCUT2D eigenvalue weighted by atomic mass is 10.0. The average molecular weight is 338 g/mol. The number of benzene rings is 1. The van der Waals surface area contributed by atoms with Gasteiger partial charge in [-0.05, 0) is 34.0 Å². The summed E-state index contributed by atoms with van der Waals surface area (Å²) >= 11 is 5.00. The third-order valence-corrected chi connectivity index (χ3v) is 4.65. The molecule has 0 bridgehead atoms. The first-order valence-electron chi connectivity index (χ1n) is 6.20. The number of rotatable bonds is 6. The predicted molar refractivity (Wildman–Crippen MR) is 83.3 cm³/mol. The van der Waals surface area contributed by atoms with Crippen LogP contribution in [0.1, 0.15) is 29.3 Å². The van der Waals surface area contributed by atoms with Gasteiger partial charge < -0.3 is 5.73 Å². The van der Waals surface area contributed by atoms with Crippen molar-refractivity contribution in [1.82, 2.24) is 0 Å². The minimum Gasteiger partial charge on any atom is -0.324 e. The predicted octanol–water partition coefficient (Wildman–Crippen LogP) is 4.10. The number of ketones is 1. The summed E-state index contributed by atoms with van der Waals surface area (Å²) < 4.78 is 1.04. The average Bonchev–Trinajstić information content (AvgIpc) is 2.82. The molecule has 0 saturated carbocycles. The fraction of sp³-hybridized carbons (Fsp3) is 0.267. The summed E-state index contributed by atoms with van der Waals surface area (Å²) in [5.74, 6) is 0.251. The first-order chi connectivity index (χ1) is 9.15. The first-order valence-corrected chi connectivity index (χ1v) is 7.87. The van der Waals surface area contributed by atoms with Crippen molar-refractivity contribution in [2.45, 2.75) is 25.3 Å². The second-order valence-corrected chi connectivity index (χ2v) is 6.41. The Morgan fingerprint density at radius 2 is 2.05 bits per heavy atom. The second kappa shape index (κ2) is 6.98.